The average Bonchev–Trinajstić information content (AvgIpc) is 2.77. The zero-order valence-electron chi connectivity index (χ0n) is 17.6. The molecular weight excluding hydrogens is 398 g/mol. The number of aryl methyl sites for hydroxylation is 2. The standard InChI is InChI=1S/C23H31N3O3S/c1-20-8-5-6-12-22(20)23(27)25(15-7-11-21-9-3-2-4-10-21)18-19-30(28,29)26-16-13-24-14-17-26/h2-6,8-10,12,24H,7,11,13-19H2,1H3. The summed E-state index contributed by atoms with van der Waals surface area (Å²) in [5.41, 5.74) is 2.76. The monoisotopic (exact) mass is 429 g/mol. The molecule has 0 saturated carbocycles. The van der Waals surface area contributed by atoms with Gasteiger partial charge in [-0.1, -0.05) is 48.5 Å². The van der Waals surface area contributed by atoms with Crippen LogP contribution in [-0.2, 0) is 16.4 Å². The number of benzene rings is 2. The minimum Gasteiger partial charge on any atom is -0.338 e. The Labute approximate surface area is 179 Å². The Balaban J connectivity index is 1.68. The van der Waals surface area contributed by atoms with E-state index in [1.54, 1.807) is 4.90 Å². The first kappa shape index (κ1) is 22.5. The molecule has 1 N–H and O–H groups in total. The van der Waals surface area contributed by atoms with Crippen LogP contribution in [0.3, 0.4) is 0 Å². The topological polar surface area (TPSA) is 69.7 Å². The second-order valence-electron chi connectivity index (χ2n) is 7.66. The second kappa shape index (κ2) is 10.7. The van der Waals surface area contributed by atoms with Crippen molar-refractivity contribution in [1.29, 1.82) is 0 Å². The van der Waals surface area contributed by atoms with E-state index in [-0.39, 0.29) is 18.2 Å². The molecule has 2 aromatic rings. The lowest BCUT2D eigenvalue weighted by atomic mass is 10.1. The number of rotatable bonds is 9. The van der Waals surface area contributed by atoms with Crippen molar-refractivity contribution in [3.63, 3.8) is 0 Å². The molecule has 0 aliphatic carbocycles. The van der Waals surface area contributed by atoms with Crippen molar-refractivity contribution >= 4 is 15.9 Å². The Morgan fingerprint density at radius 2 is 1.67 bits per heavy atom. The third-order valence-corrected chi connectivity index (χ3v) is 7.34. The van der Waals surface area contributed by atoms with E-state index in [4.69, 9.17) is 0 Å². The maximum atomic E-state index is 13.2. The number of amides is 1. The van der Waals surface area contributed by atoms with Crippen LogP contribution in [0.2, 0.25) is 0 Å². The fraction of sp³-hybridized carbons (Fsp3) is 0.435. The lowest BCUT2D eigenvalue weighted by Crippen LogP contribution is -2.48. The summed E-state index contributed by atoms with van der Waals surface area (Å²) in [4.78, 5) is 14.9. The third kappa shape index (κ3) is 6.14. The smallest absolute Gasteiger partial charge is 0.254 e. The third-order valence-electron chi connectivity index (χ3n) is 5.49. The van der Waals surface area contributed by atoms with Crippen molar-refractivity contribution in [1.82, 2.24) is 14.5 Å². The van der Waals surface area contributed by atoms with E-state index in [1.165, 1.54) is 9.87 Å². The molecule has 0 spiro atoms. The highest BCUT2D eigenvalue weighted by atomic mass is 32.2. The van der Waals surface area contributed by atoms with Gasteiger partial charge in [0.1, 0.15) is 0 Å². The molecule has 0 radical (unpaired) electrons. The van der Waals surface area contributed by atoms with Gasteiger partial charge >= 0.3 is 0 Å². The first-order chi connectivity index (χ1) is 14.5. The van der Waals surface area contributed by atoms with Crippen LogP contribution in [0.5, 0.6) is 0 Å². The van der Waals surface area contributed by atoms with Gasteiger partial charge in [-0.3, -0.25) is 4.79 Å². The van der Waals surface area contributed by atoms with Crippen molar-refractivity contribution in [3.8, 4) is 0 Å². The van der Waals surface area contributed by atoms with E-state index >= 15 is 0 Å². The van der Waals surface area contributed by atoms with Crippen molar-refractivity contribution < 1.29 is 13.2 Å². The molecule has 2 aromatic carbocycles. The van der Waals surface area contributed by atoms with E-state index in [9.17, 15) is 13.2 Å². The highest BCUT2D eigenvalue weighted by molar-refractivity contribution is 7.89. The summed E-state index contributed by atoms with van der Waals surface area (Å²) in [7, 11) is -3.38. The van der Waals surface area contributed by atoms with Gasteiger partial charge in [0, 0.05) is 44.8 Å². The fourth-order valence-corrected chi connectivity index (χ4v) is 5.14. The molecule has 3 rings (SSSR count). The molecule has 6 nitrogen and oxygen atoms in total. The number of carbonyl (C=O) groups excluding carboxylic acids is 1. The van der Waals surface area contributed by atoms with Gasteiger partial charge in [0.25, 0.3) is 5.91 Å². The molecule has 1 fully saturated rings. The van der Waals surface area contributed by atoms with Crippen LogP contribution in [-0.4, -0.2) is 68.6 Å². The number of piperazine rings is 1. The average molecular weight is 430 g/mol. The van der Waals surface area contributed by atoms with Crippen molar-refractivity contribution in [3.05, 3.63) is 71.3 Å². The molecular formula is C23H31N3O3S. The lowest BCUT2D eigenvalue weighted by Gasteiger charge is -2.29. The fourth-order valence-electron chi connectivity index (χ4n) is 3.69. The van der Waals surface area contributed by atoms with Crippen LogP contribution in [0.15, 0.2) is 54.6 Å². The van der Waals surface area contributed by atoms with Crippen LogP contribution in [0, 0.1) is 6.92 Å². The molecule has 30 heavy (non-hydrogen) atoms. The summed E-state index contributed by atoms with van der Waals surface area (Å²) in [5, 5.41) is 3.17. The van der Waals surface area contributed by atoms with E-state index in [1.807, 2.05) is 49.4 Å². The van der Waals surface area contributed by atoms with Gasteiger partial charge in [-0.15, -0.1) is 0 Å². The number of hydrogen-bond donors (Lipinski definition) is 1. The van der Waals surface area contributed by atoms with Crippen LogP contribution >= 0.6 is 0 Å². The number of carbonyl (C=O) groups is 1. The van der Waals surface area contributed by atoms with Gasteiger partial charge in [0.15, 0.2) is 0 Å². The molecule has 1 heterocycles. The predicted molar refractivity (Wildman–Crippen MR) is 120 cm³/mol. The first-order valence-electron chi connectivity index (χ1n) is 10.5. The summed E-state index contributed by atoms with van der Waals surface area (Å²) in [5.74, 6) is -0.146. The molecule has 1 saturated heterocycles. The minimum absolute atomic E-state index is 0.0457. The van der Waals surface area contributed by atoms with E-state index in [2.05, 4.69) is 17.4 Å². The van der Waals surface area contributed by atoms with Crippen molar-refractivity contribution in [2.45, 2.75) is 19.8 Å². The molecule has 7 heteroatoms. The van der Waals surface area contributed by atoms with Crippen LogP contribution < -0.4 is 5.32 Å². The second-order valence-corrected chi connectivity index (χ2v) is 9.75. The number of sulfonamides is 1. The highest BCUT2D eigenvalue weighted by Crippen LogP contribution is 2.13. The summed E-state index contributed by atoms with van der Waals surface area (Å²) < 4.78 is 27.1. The van der Waals surface area contributed by atoms with E-state index in [0.29, 0.717) is 38.3 Å². The van der Waals surface area contributed by atoms with Crippen molar-refractivity contribution in [2.24, 2.45) is 0 Å². The summed E-state index contributed by atoms with van der Waals surface area (Å²) in [6, 6.07) is 17.6. The molecule has 1 aliphatic rings. The molecule has 0 aromatic heterocycles. The quantitative estimate of drug-likeness (QED) is 0.664. The van der Waals surface area contributed by atoms with Gasteiger partial charge < -0.3 is 10.2 Å². The van der Waals surface area contributed by atoms with Crippen molar-refractivity contribution in [2.75, 3.05) is 45.0 Å². The maximum Gasteiger partial charge on any atom is 0.254 e. The first-order valence-corrected chi connectivity index (χ1v) is 12.2. The molecule has 0 unspecified atom stereocenters. The number of hydrogen-bond acceptors (Lipinski definition) is 4. The summed E-state index contributed by atoms with van der Waals surface area (Å²) in [6.07, 6.45) is 1.64. The van der Waals surface area contributed by atoms with Crippen LogP contribution in [0.1, 0.15) is 27.9 Å². The largest absolute Gasteiger partial charge is 0.338 e. The Morgan fingerprint density at radius 3 is 2.37 bits per heavy atom. The Bertz CT molecular complexity index is 926. The SMILES string of the molecule is Cc1ccccc1C(=O)N(CCCc1ccccc1)CCS(=O)(=O)N1CCNCC1. The Kier molecular flexibility index (Phi) is 8.01. The van der Waals surface area contributed by atoms with Gasteiger partial charge in [-0.05, 0) is 37.0 Å². The zero-order chi connectivity index (χ0) is 21.4. The highest BCUT2D eigenvalue weighted by Gasteiger charge is 2.26. The maximum absolute atomic E-state index is 13.2. The van der Waals surface area contributed by atoms with Crippen LogP contribution in [0.25, 0.3) is 0 Å². The molecule has 1 aliphatic heterocycles. The lowest BCUT2D eigenvalue weighted by molar-refractivity contribution is 0.0762. The summed E-state index contributed by atoms with van der Waals surface area (Å²) in [6.45, 7) is 4.95. The van der Waals surface area contributed by atoms with Crippen LogP contribution in [0.4, 0.5) is 0 Å². The summed E-state index contributed by atoms with van der Waals surface area (Å²) >= 11 is 0. The predicted octanol–water partition coefficient (Wildman–Crippen LogP) is 2.31. The minimum atomic E-state index is -3.38. The van der Waals surface area contributed by atoms with Gasteiger partial charge in [-0.25, -0.2) is 8.42 Å². The van der Waals surface area contributed by atoms with Gasteiger partial charge in [-0.2, -0.15) is 4.31 Å². The zero-order valence-corrected chi connectivity index (χ0v) is 18.4. The molecule has 162 valence electrons. The number of nitrogens with zero attached hydrogens (tertiary/aromatic N) is 2. The number of nitrogens with one attached hydrogen (secondary N) is 1. The Hall–Kier alpha value is -2.22. The normalized spacial score (nSPS) is 15.1. The van der Waals surface area contributed by atoms with Gasteiger partial charge in [0.05, 0.1) is 5.75 Å². The van der Waals surface area contributed by atoms with E-state index in [0.717, 1.165) is 18.4 Å². The van der Waals surface area contributed by atoms with Gasteiger partial charge in [0.2, 0.25) is 10.0 Å². The van der Waals surface area contributed by atoms with E-state index < -0.39 is 10.0 Å². The Morgan fingerprint density at radius 1 is 1.00 bits per heavy atom. The molecule has 1 amide bonds. The molecule has 0 bridgehead atoms. The molecule has 0 atom stereocenters.